The van der Waals surface area contributed by atoms with Crippen LogP contribution in [0.1, 0.15) is 40.5 Å². The summed E-state index contributed by atoms with van der Waals surface area (Å²) in [5.74, 6) is -0.337. The van der Waals surface area contributed by atoms with E-state index < -0.39 is 55.1 Å². The molecule has 4 atom stereocenters. The molecule has 61 heavy (non-hydrogen) atoms. The molecule has 0 aliphatic carbocycles. The third-order valence-corrected chi connectivity index (χ3v) is 37.9. The molecule has 0 heterocycles. The topological polar surface area (TPSA) is 63.2 Å². The number of ether oxygens (including phenoxy) is 1. The van der Waals surface area contributed by atoms with Crippen LogP contribution in [-0.2, 0) is 26.6 Å². The molecule has 0 spiro atoms. The lowest BCUT2D eigenvalue weighted by Crippen LogP contribution is -2.77. The molecule has 0 fully saturated rings. The number of benzene rings is 4. The van der Waals surface area contributed by atoms with Crippen LogP contribution in [-0.4, -0.2) is 73.4 Å². The molecule has 0 aromatic heterocycles. The fraction of sp³-hybridized carbons (Fsp3) is 0.408. The van der Waals surface area contributed by atoms with Gasteiger partial charge in [0, 0.05) is 5.57 Å². The Bertz CT molecular complexity index is 1980. The van der Waals surface area contributed by atoms with Crippen molar-refractivity contribution < 1.29 is 26.6 Å². The van der Waals surface area contributed by atoms with E-state index in [1.54, 1.807) is 6.92 Å². The number of rotatable bonds is 24. The van der Waals surface area contributed by atoms with E-state index in [-0.39, 0.29) is 11.7 Å². The molecular weight excluding hydrogens is 853 g/mol. The van der Waals surface area contributed by atoms with Crippen molar-refractivity contribution in [3.05, 3.63) is 146 Å². The molecule has 0 N–H and O–H groups in total. The van der Waals surface area contributed by atoms with Crippen molar-refractivity contribution in [3.8, 4) is 0 Å². The minimum absolute atomic E-state index is 0.250. The van der Waals surface area contributed by atoms with Crippen LogP contribution < -0.4 is 20.7 Å². The van der Waals surface area contributed by atoms with Crippen molar-refractivity contribution in [1.29, 1.82) is 0 Å². The van der Waals surface area contributed by atoms with E-state index in [2.05, 4.69) is 213 Å². The van der Waals surface area contributed by atoms with E-state index in [4.69, 9.17) is 21.8 Å². The van der Waals surface area contributed by atoms with E-state index in [0.29, 0.717) is 12.2 Å². The second-order valence-electron chi connectivity index (χ2n) is 18.9. The second kappa shape index (κ2) is 21.1. The highest BCUT2D eigenvalue weighted by Gasteiger charge is 2.57. The quantitative estimate of drug-likeness (QED) is 0.0302. The van der Waals surface area contributed by atoms with Crippen LogP contribution >= 0.6 is 0 Å². The van der Waals surface area contributed by atoms with Gasteiger partial charge < -0.3 is 21.8 Å². The Morgan fingerprint density at radius 1 is 0.672 bits per heavy atom. The Morgan fingerprint density at radius 2 is 1.10 bits per heavy atom. The number of carbonyl (C=O) groups excluding carboxylic acids is 1. The van der Waals surface area contributed by atoms with E-state index in [1.165, 1.54) is 20.7 Å². The molecular formula is C49H74O6Si6. The zero-order valence-corrected chi connectivity index (χ0v) is 45.3. The van der Waals surface area contributed by atoms with Gasteiger partial charge in [-0.3, -0.25) is 0 Å². The van der Waals surface area contributed by atoms with Gasteiger partial charge in [0.05, 0.1) is 17.6 Å². The van der Waals surface area contributed by atoms with E-state index in [0.717, 1.165) is 31.0 Å². The van der Waals surface area contributed by atoms with Crippen LogP contribution in [0.15, 0.2) is 146 Å². The molecule has 0 saturated carbocycles. The SMILES string of the molecule is C=C[Si](C)(c1ccccc1)C(C)(CC)O[Si](c1ccccc1)(c1ccccc1)C(C)O[Si](C)(CC[Si](C)(C)O[Si](C)(C)O[Si](C)(C)CCCOC(=O)C(=C)C)c1ccccc1. The van der Waals surface area contributed by atoms with Gasteiger partial charge in [0.25, 0.3) is 8.32 Å². The zero-order chi connectivity index (χ0) is 45.2. The summed E-state index contributed by atoms with van der Waals surface area (Å²) < 4.78 is 35.6. The second-order valence-corrected chi connectivity index (χ2v) is 43.3. The summed E-state index contributed by atoms with van der Waals surface area (Å²) in [5.41, 5.74) is 2.40. The molecule has 0 aliphatic rings. The van der Waals surface area contributed by atoms with Gasteiger partial charge in [0.2, 0.25) is 8.32 Å². The van der Waals surface area contributed by atoms with Crippen LogP contribution in [0.25, 0.3) is 0 Å². The lowest BCUT2D eigenvalue weighted by Gasteiger charge is -2.51. The summed E-state index contributed by atoms with van der Waals surface area (Å²) in [6.07, 6.45) is 1.59. The van der Waals surface area contributed by atoms with Gasteiger partial charge in [-0.1, -0.05) is 152 Å². The van der Waals surface area contributed by atoms with Gasteiger partial charge in [-0.25, -0.2) is 4.79 Å². The van der Waals surface area contributed by atoms with Crippen LogP contribution in [0.5, 0.6) is 0 Å². The van der Waals surface area contributed by atoms with E-state index >= 15 is 0 Å². The highest BCUT2D eigenvalue weighted by atomic mass is 28.5. The van der Waals surface area contributed by atoms with Gasteiger partial charge in [0.1, 0.15) is 8.07 Å². The first-order valence-corrected chi connectivity index (χ1v) is 38.3. The molecule has 0 radical (unpaired) electrons. The average molecular weight is 928 g/mol. The van der Waals surface area contributed by atoms with Crippen molar-refractivity contribution in [1.82, 2.24) is 0 Å². The molecule has 6 nitrogen and oxygen atoms in total. The summed E-state index contributed by atoms with van der Waals surface area (Å²) in [6, 6.07) is 46.4. The molecule has 330 valence electrons. The van der Waals surface area contributed by atoms with Crippen molar-refractivity contribution in [2.45, 2.75) is 122 Å². The third-order valence-electron chi connectivity index (χ3n) is 12.5. The maximum Gasteiger partial charge on any atom is 0.333 e. The predicted octanol–water partition coefficient (Wildman–Crippen LogP) is 10.3. The molecule has 4 unspecified atom stereocenters. The Kier molecular flexibility index (Phi) is 17.5. The van der Waals surface area contributed by atoms with Crippen molar-refractivity contribution >= 4 is 76.6 Å². The van der Waals surface area contributed by atoms with Gasteiger partial charge in [-0.05, 0) is 113 Å². The summed E-state index contributed by atoms with van der Waals surface area (Å²) in [7, 11) is -15.3. The Balaban J connectivity index is 1.72. The van der Waals surface area contributed by atoms with Crippen molar-refractivity contribution in [2.75, 3.05) is 6.61 Å². The van der Waals surface area contributed by atoms with Crippen LogP contribution in [0.4, 0.5) is 0 Å². The number of hydrogen-bond acceptors (Lipinski definition) is 6. The van der Waals surface area contributed by atoms with Crippen LogP contribution in [0, 0.1) is 0 Å². The normalized spacial score (nSPS) is 16.1. The van der Waals surface area contributed by atoms with Gasteiger partial charge in [-0.2, -0.15) is 0 Å². The minimum Gasteiger partial charge on any atom is -0.462 e. The van der Waals surface area contributed by atoms with Gasteiger partial charge in [-0.15, -0.1) is 6.58 Å². The molecule has 4 rings (SSSR count). The van der Waals surface area contributed by atoms with Crippen molar-refractivity contribution in [3.63, 3.8) is 0 Å². The lowest BCUT2D eigenvalue weighted by atomic mass is 10.3. The first-order valence-electron chi connectivity index (χ1n) is 22.0. The molecule has 4 aromatic carbocycles. The standard InChI is InChI=1S/C49H74O6Si6/c1-15-49(6,59(13,16-2)44-30-21-17-22-31-44)53-61(46-34-25-19-26-35-46,47-36-27-20-28-37-47)43(5)52-60(14,45-32-23-18-24-33-45)41-40-57(9,10)55-58(11,12)54-56(7,8)39-29-38-51-48(50)42(3)4/h16-28,30-37,43H,2-3,15,29,38-41H2,1,4-14H3. The fourth-order valence-corrected chi connectivity index (χ4v) is 38.0. The fourth-order valence-electron chi connectivity index (χ4n) is 8.85. The number of esters is 1. The largest absolute Gasteiger partial charge is 0.462 e. The molecule has 0 bridgehead atoms. The molecule has 0 amide bonds. The summed E-state index contributed by atoms with van der Waals surface area (Å²) in [6.45, 7) is 35.5. The molecule has 4 aromatic rings. The smallest absolute Gasteiger partial charge is 0.333 e. The third kappa shape index (κ3) is 12.8. The zero-order valence-electron chi connectivity index (χ0n) is 39.3. The average Bonchev–Trinajstić information content (AvgIpc) is 3.23. The van der Waals surface area contributed by atoms with E-state index in [9.17, 15) is 4.79 Å². The highest BCUT2D eigenvalue weighted by Crippen LogP contribution is 2.36. The predicted molar refractivity (Wildman–Crippen MR) is 273 cm³/mol. The summed E-state index contributed by atoms with van der Waals surface area (Å²) >= 11 is 0. The van der Waals surface area contributed by atoms with Crippen molar-refractivity contribution in [2.24, 2.45) is 0 Å². The Hall–Kier alpha value is -3.03. The van der Waals surface area contributed by atoms with Gasteiger partial charge in [0.15, 0.2) is 16.6 Å². The van der Waals surface area contributed by atoms with Gasteiger partial charge >= 0.3 is 14.5 Å². The Labute approximate surface area is 375 Å². The first-order chi connectivity index (χ1) is 28.6. The maximum absolute atomic E-state index is 11.9. The molecule has 0 aliphatic heterocycles. The Morgan fingerprint density at radius 3 is 1.52 bits per heavy atom. The highest BCUT2D eigenvalue weighted by molar-refractivity contribution is 7.02. The maximum atomic E-state index is 11.9. The molecule has 0 saturated heterocycles. The monoisotopic (exact) mass is 926 g/mol. The van der Waals surface area contributed by atoms with Crippen LogP contribution in [0.2, 0.25) is 70.5 Å². The number of carbonyl (C=O) groups is 1. The van der Waals surface area contributed by atoms with E-state index in [1.807, 2.05) is 0 Å². The summed E-state index contributed by atoms with van der Waals surface area (Å²) in [4.78, 5) is 11.9. The summed E-state index contributed by atoms with van der Waals surface area (Å²) in [5, 5.41) is 4.48. The number of hydrogen-bond donors (Lipinski definition) is 0. The molecule has 12 heteroatoms. The first kappa shape index (κ1) is 50.6. The minimum atomic E-state index is -3.24. The lowest BCUT2D eigenvalue weighted by molar-refractivity contribution is -0.138. The van der Waals surface area contributed by atoms with Crippen LogP contribution in [0.3, 0.4) is 0 Å².